The molecule has 1 saturated carbocycles. The Labute approximate surface area is 124 Å². The van der Waals surface area contributed by atoms with Gasteiger partial charge in [-0.3, -0.25) is 0 Å². The fourth-order valence-electron chi connectivity index (χ4n) is 2.31. The predicted octanol–water partition coefficient (Wildman–Crippen LogP) is 3.02. The molecule has 0 saturated heterocycles. The van der Waals surface area contributed by atoms with Gasteiger partial charge in [0.05, 0.1) is 13.2 Å². The van der Waals surface area contributed by atoms with Crippen LogP contribution in [0.4, 0.5) is 8.78 Å². The third-order valence-corrected chi connectivity index (χ3v) is 3.78. The zero-order chi connectivity index (χ0) is 15.3. The monoisotopic (exact) mass is 299 g/mol. The van der Waals surface area contributed by atoms with Crippen molar-refractivity contribution in [3.8, 4) is 5.75 Å². The molecule has 0 aliphatic heterocycles. The van der Waals surface area contributed by atoms with Gasteiger partial charge in [-0.05, 0) is 51.2 Å². The van der Waals surface area contributed by atoms with Gasteiger partial charge in [0.25, 0.3) is 0 Å². The zero-order valence-corrected chi connectivity index (χ0v) is 12.4. The van der Waals surface area contributed by atoms with Gasteiger partial charge >= 0.3 is 0 Å². The Morgan fingerprint density at radius 1 is 1.33 bits per heavy atom. The molecule has 0 amide bonds. The molecule has 0 radical (unpaired) electrons. The summed E-state index contributed by atoms with van der Waals surface area (Å²) < 4.78 is 31.6. The molecule has 2 rings (SSSR count). The molecule has 5 heteroatoms. The van der Waals surface area contributed by atoms with E-state index in [-0.39, 0.29) is 17.9 Å². The van der Waals surface area contributed by atoms with Crippen LogP contribution < -0.4 is 10.1 Å². The maximum Gasteiger partial charge on any atom is 0.200 e. The topological polar surface area (TPSA) is 41.5 Å². The normalized spacial score (nSPS) is 17.5. The molecule has 1 aliphatic rings. The lowest BCUT2D eigenvalue weighted by atomic mass is 9.95. The number of nitrogens with one attached hydrogen (secondary N) is 1. The molecular formula is C16H23F2NO2. The molecule has 0 spiro atoms. The first-order valence-corrected chi connectivity index (χ1v) is 7.49. The van der Waals surface area contributed by atoms with Gasteiger partial charge in [-0.2, -0.15) is 4.39 Å². The summed E-state index contributed by atoms with van der Waals surface area (Å²) in [5.41, 5.74) is -0.259. The van der Waals surface area contributed by atoms with Crippen LogP contribution in [0, 0.1) is 11.6 Å². The quantitative estimate of drug-likeness (QED) is 0.689. The maximum atomic E-state index is 13.4. The summed E-state index contributed by atoms with van der Waals surface area (Å²) in [5, 5.41) is 12.9. The summed E-state index contributed by atoms with van der Waals surface area (Å²) in [6.45, 7) is 2.45. The molecule has 118 valence electrons. The van der Waals surface area contributed by atoms with Crippen molar-refractivity contribution < 1.29 is 18.6 Å². The van der Waals surface area contributed by atoms with Crippen molar-refractivity contribution in [2.75, 3.05) is 13.2 Å². The lowest BCUT2D eigenvalue weighted by Crippen LogP contribution is -2.46. The molecule has 1 aliphatic carbocycles. The molecule has 2 N–H and O–H groups in total. The van der Waals surface area contributed by atoms with Crippen LogP contribution in [0.25, 0.3) is 0 Å². The van der Waals surface area contributed by atoms with E-state index in [2.05, 4.69) is 5.32 Å². The highest BCUT2D eigenvalue weighted by atomic mass is 19.2. The van der Waals surface area contributed by atoms with Crippen LogP contribution >= 0.6 is 0 Å². The number of halogens is 2. The molecule has 1 unspecified atom stereocenters. The van der Waals surface area contributed by atoms with Crippen LogP contribution in [0.5, 0.6) is 5.75 Å². The second kappa shape index (κ2) is 7.18. The van der Waals surface area contributed by atoms with Crippen LogP contribution in [-0.2, 0) is 0 Å². The highest BCUT2D eigenvalue weighted by Gasteiger charge is 2.31. The molecule has 1 atom stereocenters. The van der Waals surface area contributed by atoms with Gasteiger partial charge in [-0.15, -0.1) is 0 Å². The van der Waals surface area contributed by atoms with Crippen molar-refractivity contribution in [2.24, 2.45) is 0 Å². The number of aliphatic hydroxyl groups is 1. The average Bonchev–Trinajstić information content (AvgIpc) is 3.27. The maximum absolute atomic E-state index is 13.4. The number of rotatable bonds is 9. The molecule has 0 aromatic heterocycles. The van der Waals surface area contributed by atoms with Crippen LogP contribution in [0.15, 0.2) is 18.2 Å². The van der Waals surface area contributed by atoms with E-state index in [1.165, 1.54) is 25.0 Å². The Morgan fingerprint density at radius 2 is 2.10 bits per heavy atom. The zero-order valence-electron chi connectivity index (χ0n) is 12.4. The van der Waals surface area contributed by atoms with Gasteiger partial charge in [-0.25, -0.2) is 4.39 Å². The summed E-state index contributed by atoms with van der Waals surface area (Å²) in [4.78, 5) is 0. The standard InChI is InChI=1S/C16H23F2NO2/c1-16(11-20,19-12-7-8-12)9-2-3-10-21-14-6-4-5-13(17)15(14)18/h4-6,12,19-20H,2-3,7-11H2,1H3. The SMILES string of the molecule is CC(CO)(CCCCOc1cccc(F)c1F)NC1CC1. The fraction of sp³-hybridized carbons (Fsp3) is 0.625. The lowest BCUT2D eigenvalue weighted by Gasteiger charge is -2.29. The number of hydrogen-bond acceptors (Lipinski definition) is 3. The Balaban J connectivity index is 1.68. The molecule has 21 heavy (non-hydrogen) atoms. The van der Waals surface area contributed by atoms with Crippen LogP contribution in [0.3, 0.4) is 0 Å². The van der Waals surface area contributed by atoms with Gasteiger partial charge < -0.3 is 15.2 Å². The minimum atomic E-state index is -0.937. The summed E-state index contributed by atoms with van der Waals surface area (Å²) in [7, 11) is 0. The van der Waals surface area contributed by atoms with E-state index in [1.807, 2.05) is 6.92 Å². The fourth-order valence-corrected chi connectivity index (χ4v) is 2.31. The lowest BCUT2D eigenvalue weighted by molar-refractivity contribution is 0.158. The summed E-state index contributed by atoms with van der Waals surface area (Å²) in [5.74, 6) is -1.88. The Hall–Kier alpha value is -1.20. The summed E-state index contributed by atoms with van der Waals surface area (Å²) >= 11 is 0. The van der Waals surface area contributed by atoms with E-state index in [4.69, 9.17) is 4.74 Å². The summed E-state index contributed by atoms with van der Waals surface area (Å²) in [6, 6.07) is 4.46. The van der Waals surface area contributed by atoms with Crippen molar-refractivity contribution in [3.63, 3.8) is 0 Å². The van der Waals surface area contributed by atoms with Crippen molar-refractivity contribution >= 4 is 0 Å². The van der Waals surface area contributed by atoms with E-state index in [0.29, 0.717) is 12.6 Å². The highest BCUT2D eigenvalue weighted by molar-refractivity contribution is 5.24. The van der Waals surface area contributed by atoms with Gasteiger partial charge in [0.2, 0.25) is 5.82 Å². The molecule has 1 aromatic rings. The molecule has 1 aromatic carbocycles. The van der Waals surface area contributed by atoms with Gasteiger partial charge in [-0.1, -0.05) is 6.07 Å². The average molecular weight is 299 g/mol. The van der Waals surface area contributed by atoms with Gasteiger partial charge in [0.1, 0.15) is 0 Å². The minimum Gasteiger partial charge on any atom is -0.490 e. The third-order valence-electron chi connectivity index (χ3n) is 3.78. The molecule has 0 bridgehead atoms. The van der Waals surface area contributed by atoms with Crippen molar-refractivity contribution in [3.05, 3.63) is 29.8 Å². The Morgan fingerprint density at radius 3 is 2.76 bits per heavy atom. The smallest absolute Gasteiger partial charge is 0.200 e. The number of hydrogen-bond donors (Lipinski definition) is 2. The van der Waals surface area contributed by atoms with E-state index >= 15 is 0 Å². The van der Waals surface area contributed by atoms with Crippen molar-refractivity contribution in [2.45, 2.75) is 50.6 Å². The van der Waals surface area contributed by atoms with E-state index in [1.54, 1.807) is 0 Å². The molecule has 1 fully saturated rings. The molecule has 0 heterocycles. The largest absolute Gasteiger partial charge is 0.490 e. The van der Waals surface area contributed by atoms with Crippen molar-refractivity contribution in [1.29, 1.82) is 0 Å². The number of benzene rings is 1. The summed E-state index contributed by atoms with van der Waals surface area (Å²) in [6.07, 6.45) is 4.77. The molecule has 3 nitrogen and oxygen atoms in total. The Kier molecular flexibility index (Phi) is 5.53. The second-order valence-corrected chi connectivity index (χ2v) is 5.99. The second-order valence-electron chi connectivity index (χ2n) is 5.99. The number of unbranched alkanes of at least 4 members (excludes halogenated alkanes) is 1. The highest BCUT2D eigenvalue weighted by Crippen LogP contribution is 2.25. The number of ether oxygens (including phenoxy) is 1. The van der Waals surface area contributed by atoms with E-state index < -0.39 is 11.6 Å². The van der Waals surface area contributed by atoms with Gasteiger partial charge in [0.15, 0.2) is 11.6 Å². The van der Waals surface area contributed by atoms with Crippen molar-refractivity contribution in [1.82, 2.24) is 5.32 Å². The number of aliphatic hydroxyl groups excluding tert-OH is 1. The Bertz CT molecular complexity index is 466. The molecular weight excluding hydrogens is 276 g/mol. The third kappa shape index (κ3) is 4.93. The van der Waals surface area contributed by atoms with Crippen LogP contribution in [0.1, 0.15) is 39.0 Å². The first-order valence-electron chi connectivity index (χ1n) is 7.49. The van der Waals surface area contributed by atoms with Gasteiger partial charge in [0, 0.05) is 11.6 Å². The first kappa shape index (κ1) is 16.2. The van der Waals surface area contributed by atoms with E-state index in [9.17, 15) is 13.9 Å². The predicted molar refractivity (Wildman–Crippen MR) is 77.4 cm³/mol. The first-order chi connectivity index (χ1) is 10.0. The van der Waals surface area contributed by atoms with Crippen LogP contribution in [-0.4, -0.2) is 29.9 Å². The van der Waals surface area contributed by atoms with E-state index in [0.717, 1.165) is 25.3 Å². The van der Waals surface area contributed by atoms with Crippen LogP contribution in [0.2, 0.25) is 0 Å². The minimum absolute atomic E-state index is 0.0453.